The Morgan fingerprint density at radius 2 is 1.50 bits per heavy atom. The van der Waals surface area contributed by atoms with Gasteiger partial charge in [-0.15, -0.1) is 0 Å². The van der Waals surface area contributed by atoms with Gasteiger partial charge in [-0.2, -0.15) is 0 Å². The van der Waals surface area contributed by atoms with E-state index < -0.39 is 6.10 Å². The van der Waals surface area contributed by atoms with Crippen LogP contribution < -0.4 is 14.4 Å². The number of aliphatic hydroxyl groups excluding tert-OH is 1. The fourth-order valence-electron chi connectivity index (χ4n) is 2.33. The van der Waals surface area contributed by atoms with Crippen molar-refractivity contribution in [2.75, 3.05) is 20.3 Å². The van der Waals surface area contributed by atoms with Crippen molar-refractivity contribution in [1.82, 2.24) is 0 Å². The minimum Gasteiger partial charge on any atom is -0.497 e. The molecule has 20 heavy (non-hydrogen) atoms. The molecule has 0 bridgehead atoms. The predicted octanol–water partition coefficient (Wildman–Crippen LogP) is 1.14. The quantitative estimate of drug-likeness (QED) is 0.751. The average Bonchev–Trinajstić information content (AvgIpc) is 2.42. The lowest BCUT2D eigenvalue weighted by Gasteiger charge is -2.29. The SMILES string of the molecule is COc1ccc(OC[C@@H](O)C[NH+](C(C)C)C(C)C)cc1. The van der Waals surface area contributed by atoms with Crippen LogP contribution in [0.4, 0.5) is 0 Å². The summed E-state index contributed by atoms with van der Waals surface area (Å²) < 4.78 is 10.7. The van der Waals surface area contributed by atoms with Gasteiger partial charge in [0.15, 0.2) is 0 Å². The van der Waals surface area contributed by atoms with Crippen LogP contribution in [0.1, 0.15) is 27.7 Å². The fraction of sp³-hybridized carbons (Fsp3) is 0.625. The topological polar surface area (TPSA) is 43.1 Å². The minimum absolute atomic E-state index is 0.315. The molecule has 0 unspecified atom stereocenters. The number of aliphatic hydroxyl groups is 1. The molecule has 114 valence electrons. The second kappa shape index (κ2) is 8.12. The van der Waals surface area contributed by atoms with Crippen LogP contribution in [0.25, 0.3) is 0 Å². The fourth-order valence-corrected chi connectivity index (χ4v) is 2.33. The predicted molar refractivity (Wildman–Crippen MR) is 80.6 cm³/mol. The molecule has 1 aromatic rings. The first-order valence-electron chi connectivity index (χ1n) is 7.24. The monoisotopic (exact) mass is 282 g/mol. The lowest BCUT2D eigenvalue weighted by atomic mass is 10.2. The molecule has 0 fully saturated rings. The van der Waals surface area contributed by atoms with Crippen LogP contribution in [0.3, 0.4) is 0 Å². The van der Waals surface area contributed by atoms with Crippen molar-refractivity contribution in [2.45, 2.75) is 45.9 Å². The van der Waals surface area contributed by atoms with Crippen LogP contribution in [-0.4, -0.2) is 43.6 Å². The summed E-state index contributed by atoms with van der Waals surface area (Å²) in [6.45, 7) is 9.71. The van der Waals surface area contributed by atoms with Crippen LogP contribution in [0.15, 0.2) is 24.3 Å². The van der Waals surface area contributed by atoms with Gasteiger partial charge in [0.2, 0.25) is 0 Å². The first kappa shape index (κ1) is 16.8. The van der Waals surface area contributed by atoms with Crippen molar-refractivity contribution in [2.24, 2.45) is 0 Å². The molecule has 0 aliphatic rings. The van der Waals surface area contributed by atoms with Gasteiger partial charge >= 0.3 is 0 Å². The van der Waals surface area contributed by atoms with Crippen LogP contribution in [0, 0.1) is 0 Å². The molecule has 0 aromatic heterocycles. The van der Waals surface area contributed by atoms with Crippen LogP contribution in [0.5, 0.6) is 11.5 Å². The lowest BCUT2D eigenvalue weighted by molar-refractivity contribution is -0.944. The maximum absolute atomic E-state index is 10.1. The maximum Gasteiger partial charge on any atom is 0.137 e. The van der Waals surface area contributed by atoms with Crippen molar-refractivity contribution >= 4 is 0 Å². The van der Waals surface area contributed by atoms with Crippen molar-refractivity contribution in [3.63, 3.8) is 0 Å². The summed E-state index contributed by atoms with van der Waals surface area (Å²) in [5.74, 6) is 1.55. The number of quaternary nitrogens is 1. The van der Waals surface area contributed by atoms with E-state index in [9.17, 15) is 5.11 Å². The Hall–Kier alpha value is -1.26. The molecule has 0 saturated carbocycles. The van der Waals surface area contributed by atoms with Crippen molar-refractivity contribution in [1.29, 1.82) is 0 Å². The van der Waals surface area contributed by atoms with Gasteiger partial charge in [0, 0.05) is 0 Å². The summed E-state index contributed by atoms with van der Waals surface area (Å²) in [6, 6.07) is 8.38. The molecule has 4 nitrogen and oxygen atoms in total. The number of hydrogen-bond acceptors (Lipinski definition) is 3. The minimum atomic E-state index is -0.461. The number of rotatable bonds is 8. The van der Waals surface area contributed by atoms with E-state index in [1.54, 1.807) is 7.11 Å². The van der Waals surface area contributed by atoms with Gasteiger partial charge in [0.25, 0.3) is 0 Å². The third kappa shape index (κ3) is 5.39. The molecule has 4 heteroatoms. The van der Waals surface area contributed by atoms with E-state index >= 15 is 0 Å². The van der Waals surface area contributed by atoms with Crippen LogP contribution >= 0.6 is 0 Å². The molecule has 0 spiro atoms. The molecule has 1 aromatic carbocycles. The van der Waals surface area contributed by atoms with Gasteiger partial charge in [-0.3, -0.25) is 0 Å². The van der Waals surface area contributed by atoms with Crippen molar-refractivity contribution < 1.29 is 19.5 Å². The van der Waals surface area contributed by atoms with Crippen LogP contribution in [-0.2, 0) is 0 Å². The van der Waals surface area contributed by atoms with Gasteiger partial charge < -0.3 is 19.5 Å². The highest BCUT2D eigenvalue weighted by Crippen LogP contribution is 2.16. The van der Waals surface area contributed by atoms with Crippen LogP contribution in [0.2, 0.25) is 0 Å². The Morgan fingerprint density at radius 1 is 1.00 bits per heavy atom. The summed E-state index contributed by atoms with van der Waals surface area (Å²) in [4.78, 5) is 1.39. The smallest absolute Gasteiger partial charge is 0.137 e. The average molecular weight is 282 g/mol. The zero-order chi connectivity index (χ0) is 15.1. The Morgan fingerprint density at radius 3 is 1.95 bits per heavy atom. The summed E-state index contributed by atoms with van der Waals surface area (Å²) in [7, 11) is 1.63. The summed E-state index contributed by atoms with van der Waals surface area (Å²) in [6.07, 6.45) is -0.461. The maximum atomic E-state index is 10.1. The molecule has 1 atom stereocenters. The van der Waals surface area contributed by atoms with E-state index in [1.165, 1.54) is 4.90 Å². The lowest BCUT2D eigenvalue weighted by Crippen LogP contribution is -3.18. The number of methoxy groups -OCH3 is 1. The van der Waals surface area contributed by atoms with Gasteiger partial charge in [-0.05, 0) is 52.0 Å². The highest BCUT2D eigenvalue weighted by atomic mass is 16.5. The van der Waals surface area contributed by atoms with E-state index in [4.69, 9.17) is 9.47 Å². The molecule has 0 heterocycles. The first-order valence-corrected chi connectivity index (χ1v) is 7.24. The van der Waals surface area contributed by atoms with Gasteiger partial charge in [-0.25, -0.2) is 0 Å². The third-order valence-electron chi connectivity index (χ3n) is 3.46. The van der Waals surface area contributed by atoms with Crippen molar-refractivity contribution in [3.05, 3.63) is 24.3 Å². The first-order chi connectivity index (χ1) is 9.43. The number of hydrogen-bond donors (Lipinski definition) is 2. The van der Waals surface area contributed by atoms with E-state index in [-0.39, 0.29) is 0 Å². The molecular formula is C16H28NO3+. The molecule has 0 amide bonds. The molecule has 0 aliphatic heterocycles. The molecule has 0 saturated heterocycles. The largest absolute Gasteiger partial charge is 0.497 e. The van der Waals surface area contributed by atoms with E-state index in [0.29, 0.717) is 25.2 Å². The number of ether oxygens (including phenoxy) is 2. The summed E-state index contributed by atoms with van der Waals surface area (Å²) in [5, 5.41) is 10.1. The Balaban J connectivity index is 2.43. The Bertz CT molecular complexity index is 368. The second-order valence-corrected chi connectivity index (χ2v) is 5.73. The van der Waals surface area contributed by atoms with Gasteiger partial charge in [0.05, 0.1) is 19.2 Å². The van der Waals surface area contributed by atoms with E-state index in [0.717, 1.165) is 11.5 Å². The Labute approximate surface area is 122 Å². The molecule has 0 aliphatic carbocycles. The number of benzene rings is 1. The molecular weight excluding hydrogens is 254 g/mol. The molecule has 0 radical (unpaired) electrons. The van der Waals surface area contributed by atoms with E-state index in [1.807, 2.05) is 24.3 Å². The summed E-state index contributed by atoms with van der Waals surface area (Å²) >= 11 is 0. The van der Waals surface area contributed by atoms with Gasteiger partial charge in [0.1, 0.15) is 30.8 Å². The normalized spacial score (nSPS) is 13.1. The highest BCUT2D eigenvalue weighted by Gasteiger charge is 2.21. The second-order valence-electron chi connectivity index (χ2n) is 5.73. The zero-order valence-corrected chi connectivity index (χ0v) is 13.2. The van der Waals surface area contributed by atoms with Crippen molar-refractivity contribution in [3.8, 4) is 11.5 Å². The summed E-state index contributed by atoms with van der Waals surface area (Å²) in [5.41, 5.74) is 0. The Kier molecular flexibility index (Phi) is 6.82. The van der Waals surface area contributed by atoms with Gasteiger partial charge in [-0.1, -0.05) is 0 Å². The zero-order valence-electron chi connectivity index (χ0n) is 13.2. The molecule has 1 rings (SSSR count). The third-order valence-corrected chi connectivity index (χ3v) is 3.46. The number of nitrogens with one attached hydrogen (secondary N) is 1. The highest BCUT2D eigenvalue weighted by molar-refractivity contribution is 5.31. The molecule has 2 N–H and O–H groups in total. The standard InChI is InChI=1S/C16H27NO3/c1-12(2)17(13(3)4)10-14(18)11-20-16-8-6-15(19-5)7-9-16/h6-9,12-14,18H,10-11H2,1-5H3/p+1/t14-/m0/s1. The van der Waals surface area contributed by atoms with E-state index in [2.05, 4.69) is 27.7 Å².